The molecule has 0 radical (unpaired) electrons. The first-order valence-electron chi connectivity index (χ1n) is 9.98. The number of rotatable bonds is 5. The maximum atomic E-state index is 14.1. The number of carbonyl (C=O) groups is 2. The second kappa shape index (κ2) is 9.34. The summed E-state index contributed by atoms with van der Waals surface area (Å²) in [7, 11) is 2.11. The largest absolute Gasteiger partial charge is 0.334 e. The highest BCUT2D eigenvalue weighted by Gasteiger charge is 2.32. The summed E-state index contributed by atoms with van der Waals surface area (Å²) < 4.78 is 14.1. The van der Waals surface area contributed by atoms with Crippen molar-refractivity contribution in [3.05, 3.63) is 30.1 Å². The van der Waals surface area contributed by atoms with Crippen LogP contribution < -0.4 is 15.5 Å². The van der Waals surface area contributed by atoms with Crippen molar-refractivity contribution in [2.24, 2.45) is 0 Å². The fraction of sp³-hybridized carbons (Fsp3) is 0.600. The Morgan fingerprint density at radius 1 is 1.21 bits per heavy atom. The van der Waals surface area contributed by atoms with Crippen LogP contribution in [0, 0.1) is 5.82 Å². The summed E-state index contributed by atoms with van der Waals surface area (Å²) in [6.07, 6.45) is 1.27. The molecule has 2 atom stereocenters. The van der Waals surface area contributed by atoms with Crippen LogP contribution in [0.2, 0.25) is 0 Å². The SMILES string of the molecule is CC(CN1CCN(C)CC1)NC(=O)NC1CCCN(c2ccccc2F)C1=O. The predicted octanol–water partition coefficient (Wildman–Crippen LogP) is 1.26. The van der Waals surface area contributed by atoms with E-state index in [1.54, 1.807) is 18.2 Å². The molecule has 0 aromatic heterocycles. The molecule has 2 N–H and O–H groups in total. The Bertz CT molecular complexity index is 693. The summed E-state index contributed by atoms with van der Waals surface area (Å²) in [5.41, 5.74) is 0.267. The molecule has 0 saturated carbocycles. The molecule has 0 spiro atoms. The molecular weight excluding hydrogens is 361 g/mol. The van der Waals surface area contributed by atoms with E-state index in [1.807, 2.05) is 6.92 Å². The Morgan fingerprint density at radius 3 is 2.64 bits per heavy atom. The third-order valence-corrected chi connectivity index (χ3v) is 5.39. The zero-order valence-electron chi connectivity index (χ0n) is 16.7. The first kappa shape index (κ1) is 20.5. The van der Waals surface area contributed by atoms with Gasteiger partial charge in [-0.1, -0.05) is 12.1 Å². The summed E-state index contributed by atoms with van der Waals surface area (Å²) in [6, 6.07) is 5.22. The van der Waals surface area contributed by atoms with Gasteiger partial charge in [-0.15, -0.1) is 0 Å². The van der Waals surface area contributed by atoms with Crippen molar-refractivity contribution in [3.63, 3.8) is 0 Å². The second-order valence-corrected chi connectivity index (χ2v) is 7.76. The van der Waals surface area contributed by atoms with E-state index in [1.165, 1.54) is 11.0 Å². The number of anilines is 1. The number of carbonyl (C=O) groups excluding carboxylic acids is 2. The minimum atomic E-state index is -0.635. The van der Waals surface area contributed by atoms with Crippen LogP contribution in [0.15, 0.2) is 24.3 Å². The van der Waals surface area contributed by atoms with E-state index < -0.39 is 11.9 Å². The summed E-state index contributed by atoms with van der Waals surface area (Å²) in [6.45, 7) is 7.24. The van der Waals surface area contributed by atoms with Crippen LogP contribution in [0.1, 0.15) is 19.8 Å². The summed E-state index contributed by atoms with van der Waals surface area (Å²) >= 11 is 0. The molecule has 3 rings (SSSR count). The molecule has 2 aliphatic heterocycles. The van der Waals surface area contributed by atoms with Crippen molar-refractivity contribution >= 4 is 17.6 Å². The van der Waals surface area contributed by atoms with Crippen molar-refractivity contribution in [3.8, 4) is 0 Å². The number of nitrogens with zero attached hydrogens (tertiary/aromatic N) is 3. The molecule has 0 aliphatic carbocycles. The van der Waals surface area contributed by atoms with Crippen molar-refractivity contribution in [1.29, 1.82) is 0 Å². The van der Waals surface area contributed by atoms with Crippen LogP contribution >= 0.6 is 0 Å². The zero-order valence-corrected chi connectivity index (χ0v) is 16.7. The molecule has 2 unspecified atom stereocenters. The Balaban J connectivity index is 1.50. The predicted molar refractivity (Wildman–Crippen MR) is 107 cm³/mol. The van der Waals surface area contributed by atoms with Crippen molar-refractivity contribution < 1.29 is 14.0 Å². The first-order chi connectivity index (χ1) is 13.4. The van der Waals surface area contributed by atoms with Gasteiger partial charge in [-0.3, -0.25) is 9.69 Å². The molecule has 8 heteroatoms. The highest BCUT2D eigenvalue weighted by molar-refractivity contribution is 5.99. The lowest BCUT2D eigenvalue weighted by atomic mass is 10.0. The fourth-order valence-electron chi connectivity index (χ4n) is 3.81. The summed E-state index contributed by atoms with van der Waals surface area (Å²) in [4.78, 5) is 31.2. The Morgan fingerprint density at radius 2 is 1.93 bits per heavy atom. The number of hydrogen-bond acceptors (Lipinski definition) is 4. The van der Waals surface area contributed by atoms with Gasteiger partial charge in [-0.25, -0.2) is 9.18 Å². The van der Waals surface area contributed by atoms with Crippen LogP contribution in [0.3, 0.4) is 0 Å². The normalized spacial score (nSPS) is 22.8. The van der Waals surface area contributed by atoms with Crippen LogP contribution in [0.5, 0.6) is 0 Å². The lowest BCUT2D eigenvalue weighted by molar-refractivity contribution is -0.121. The number of hydrogen-bond donors (Lipinski definition) is 2. The summed E-state index contributed by atoms with van der Waals surface area (Å²) in [5.74, 6) is -0.694. The number of piperidine rings is 1. The number of likely N-dealkylation sites (N-methyl/N-ethyl adjacent to an activating group) is 1. The molecule has 1 aromatic rings. The number of para-hydroxylation sites is 1. The summed E-state index contributed by atoms with van der Waals surface area (Å²) in [5, 5.41) is 5.69. The number of piperazine rings is 1. The highest BCUT2D eigenvalue weighted by atomic mass is 19.1. The van der Waals surface area contributed by atoms with Crippen molar-refractivity contribution in [2.75, 3.05) is 51.2 Å². The van der Waals surface area contributed by atoms with Crippen LogP contribution in [-0.4, -0.2) is 80.1 Å². The van der Waals surface area contributed by atoms with Gasteiger partial charge in [0.1, 0.15) is 11.9 Å². The van der Waals surface area contributed by atoms with Gasteiger partial charge in [0.2, 0.25) is 5.91 Å². The highest BCUT2D eigenvalue weighted by Crippen LogP contribution is 2.23. The average Bonchev–Trinajstić information content (AvgIpc) is 2.66. The van der Waals surface area contributed by atoms with E-state index in [0.29, 0.717) is 19.4 Å². The molecule has 1 aromatic carbocycles. The van der Waals surface area contributed by atoms with E-state index in [9.17, 15) is 14.0 Å². The van der Waals surface area contributed by atoms with Crippen molar-refractivity contribution in [1.82, 2.24) is 20.4 Å². The molecule has 154 valence electrons. The minimum absolute atomic E-state index is 0.0234. The number of halogens is 1. The van der Waals surface area contributed by atoms with E-state index in [-0.39, 0.29) is 23.7 Å². The first-order valence-corrected chi connectivity index (χ1v) is 9.98. The lowest BCUT2D eigenvalue weighted by Gasteiger charge is -2.35. The molecule has 2 aliphatic rings. The van der Waals surface area contributed by atoms with E-state index in [0.717, 1.165) is 32.7 Å². The molecule has 2 saturated heterocycles. The molecule has 2 fully saturated rings. The lowest BCUT2D eigenvalue weighted by Crippen LogP contribution is -2.56. The molecular formula is C20H30FN5O2. The Kier molecular flexibility index (Phi) is 6.85. The molecule has 3 amide bonds. The Labute approximate surface area is 165 Å². The number of urea groups is 1. The van der Waals surface area contributed by atoms with Crippen LogP contribution in [0.4, 0.5) is 14.9 Å². The van der Waals surface area contributed by atoms with Crippen molar-refractivity contribution in [2.45, 2.75) is 31.8 Å². The third-order valence-electron chi connectivity index (χ3n) is 5.39. The van der Waals surface area contributed by atoms with E-state index >= 15 is 0 Å². The molecule has 7 nitrogen and oxygen atoms in total. The topological polar surface area (TPSA) is 67.9 Å². The van der Waals surface area contributed by atoms with Gasteiger partial charge < -0.3 is 20.4 Å². The van der Waals surface area contributed by atoms with E-state index in [2.05, 4.69) is 27.5 Å². The van der Waals surface area contributed by atoms with Gasteiger partial charge in [-0.05, 0) is 38.9 Å². The second-order valence-electron chi connectivity index (χ2n) is 7.76. The monoisotopic (exact) mass is 391 g/mol. The number of amides is 3. The van der Waals surface area contributed by atoms with Gasteiger partial charge in [0.05, 0.1) is 5.69 Å². The third kappa shape index (κ3) is 5.20. The van der Waals surface area contributed by atoms with Gasteiger partial charge in [0.25, 0.3) is 0 Å². The molecule has 28 heavy (non-hydrogen) atoms. The van der Waals surface area contributed by atoms with Gasteiger partial charge in [0, 0.05) is 45.3 Å². The quantitative estimate of drug-likeness (QED) is 0.793. The zero-order chi connectivity index (χ0) is 20.1. The van der Waals surface area contributed by atoms with E-state index in [4.69, 9.17) is 0 Å². The molecule has 2 heterocycles. The fourth-order valence-corrected chi connectivity index (χ4v) is 3.81. The Hall–Kier alpha value is -2.19. The molecule has 0 bridgehead atoms. The van der Waals surface area contributed by atoms with Crippen LogP contribution in [-0.2, 0) is 4.79 Å². The van der Waals surface area contributed by atoms with Gasteiger partial charge >= 0.3 is 6.03 Å². The number of benzene rings is 1. The van der Waals surface area contributed by atoms with Gasteiger partial charge in [-0.2, -0.15) is 0 Å². The minimum Gasteiger partial charge on any atom is -0.334 e. The average molecular weight is 391 g/mol. The maximum Gasteiger partial charge on any atom is 0.315 e. The van der Waals surface area contributed by atoms with Crippen LogP contribution in [0.25, 0.3) is 0 Å². The smallest absolute Gasteiger partial charge is 0.315 e. The van der Waals surface area contributed by atoms with Gasteiger partial charge in [0.15, 0.2) is 0 Å². The maximum absolute atomic E-state index is 14.1. The number of nitrogens with one attached hydrogen (secondary N) is 2. The standard InChI is InChI=1S/C20H30FN5O2/c1-15(14-25-12-10-24(2)11-13-25)22-20(28)23-17-7-5-9-26(19(17)27)18-8-4-3-6-16(18)21/h3-4,6,8,15,17H,5,7,9-14H2,1-2H3,(H2,22,23,28).